The highest BCUT2D eigenvalue weighted by Gasteiger charge is 2.24. The molecule has 1 aliphatic rings. The molecule has 3 heterocycles. The number of carboxylic acid groups (broad SMARTS) is 1. The highest BCUT2D eigenvalue weighted by molar-refractivity contribution is 6.36. The van der Waals surface area contributed by atoms with E-state index in [1.807, 2.05) is 4.90 Å². The molecule has 0 aliphatic carbocycles. The van der Waals surface area contributed by atoms with Crippen LogP contribution >= 0.6 is 23.2 Å². The molecule has 1 N–H and O–H groups in total. The molecule has 0 unspecified atom stereocenters. The van der Waals surface area contributed by atoms with Crippen molar-refractivity contribution in [3.63, 3.8) is 0 Å². The molecule has 7 nitrogen and oxygen atoms in total. The van der Waals surface area contributed by atoms with Gasteiger partial charge in [0.2, 0.25) is 0 Å². The fourth-order valence-corrected chi connectivity index (χ4v) is 3.09. The summed E-state index contributed by atoms with van der Waals surface area (Å²) in [5, 5.41) is 9.80. The Labute approximate surface area is 153 Å². The lowest BCUT2D eigenvalue weighted by Gasteiger charge is -2.35. The molecule has 2 aromatic rings. The second kappa shape index (κ2) is 7.25. The zero-order chi connectivity index (χ0) is 18.0. The summed E-state index contributed by atoms with van der Waals surface area (Å²) in [4.78, 5) is 35.0. The zero-order valence-corrected chi connectivity index (χ0v) is 14.5. The molecule has 1 aliphatic heterocycles. The molecule has 0 saturated carbocycles. The van der Waals surface area contributed by atoms with Crippen LogP contribution in [-0.2, 0) is 0 Å². The number of carboxylic acids is 1. The molecule has 0 spiro atoms. The maximum absolute atomic E-state index is 12.5. The van der Waals surface area contributed by atoms with Crippen LogP contribution < -0.4 is 4.90 Å². The van der Waals surface area contributed by atoms with Crippen LogP contribution in [0.1, 0.15) is 20.8 Å². The topological polar surface area (TPSA) is 86.6 Å². The fraction of sp³-hybridized carbons (Fsp3) is 0.250. The second-order valence-electron chi connectivity index (χ2n) is 5.48. The van der Waals surface area contributed by atoms with Crippen LogP contribution in [0, 0.1) is 0 Å². The minimum Gasteiger partial charge on any atom is -0.477 e. The minimum absolute atomic E-state index is 0.0928. The number of anilines is 1. The molecule has 1 amide bonds. The molecule has 0 aromatic carbocycles. The smallest absolute Gasteiger partial charge is 0.354 e. The van der Waals surface area contributed by atoms with Crippen LogP contribution in [0.3, 0.4) is 0 Å². The van der Waals surface area contributed by atoms with Crippen molar-refractivity contribution in [3.8, 4) is 0 Å². The molecule has 25 heavy (non-hydrogen) atoms. The van der Waals surface area contributed by atoms with E-state index in [2.05, 4.69) is 9.97 Å². The van der Waals surface area contributed by atoms with E-state index in [0.717, 1.165) is 0 Å². The van der Waals surface area contributed by atoms with Gasteiger partial charge in [-0.2, -0.15) is 0 Å². The Morgan fingerprint density at radius 3 is 2.32 bits per heavy atom. The molecule has 130 valence electrons. The SMILES string of the molecule is O=C(O)c1ccc(C(=O)N2CCN(c3ncc(Cl)cc3Cl)CC2)cn1. The summed E-state index contributed by atoms with van der Waals surface area (Å²) in [5.74, 6) is -0.662. The first-order valence-corrected chi connectivity index (χ1v) is 8.26. The number of aromatic carboxylic acids is 1. The molecule has 1 saturated heterocycles. The molecular formula is C16H14Cl2N4O3. The Morgan fingerprint density at radius 2 is 1.76 bits per heavy atom. The van der Waals surface area contributed by atoms with Crippen molar-refractivity contribution in [2.45, 2.75) is 0 Å². The van der Waals surface area contributed by atoms with E-state index in [1.54, 1.807) is 11.0 Å². The number of hydrogen-bond donors (Lipinski definition) is 1. The minimum atomic E-state index is -1.13. The standard InChI is InChI=1S/C16H14Cl2N4O3/c17-11-7-12(18)14(20-9-11)21-3-5-22(6-4-21)15(23)10-1-2-13(16(24)25)19-8-10/h1-2,7-9H,3-6H2,(H,24,25). The van der Waals surface area contributed by atoms with E-state index < -0.39 is 5.97 Å². The third-order valence-corrected chi connectivity index (χ3v) is 4.37. The van der Waals surface area contributed by atoms with Gasteiger partial charge in [-0.05, 0) is 18.2 Å². The van der Waals surface area contributed by atoms with Gasteiger partial charge in [-0.1, -0.05) is 23.2 Å². The molecule has 0 radical (unpaired) electrons. The Morgan fingerprint density at radius 1 is 1.04 bits per heavy atom. The summed E-state index contributed by atoms with van der Waals surface area (Å²) >= 11 is 12.0. The van der Waals surface area contributed by atoms with Gasteiger partial charge in [-0.15, -0.1) is 0 Å². The third kappa shape index (κ3) is 3.83. The third-order valence-electron chi connectivity index (χ3n) is 3.88. The highest BCUT2D eigenvalue weighted by atomic mass is 35.5. The lowest BCUT2D eigenvalue weighted by atomic mass is 10.2. The normalized spacial score (nSPS) is 14.5. The van der Waals surface area contributed by atoms with E-state index in [0.29, 0.717) is 47.6 Å². The van der Waals surface area contributed by atoms with E-state index in [1.165, 1.54) is 24.5 Å². The van der Waals surface area contributed by atoms with Crippen molar-refractivity contribution < 1.29 is 14.7 Å². The molecule has 0 bridgehead atoms. The van der Waals surface area contributed by atoms with Gasteiger partial charge in [-0.25, -0.2) is 14.8 Å². The van der Waals surface area contributed by atoms with Crippen LogP contribution in [0.15, 0.2) is 30.6 Å². The molecule has 0 atom stereocenters. The first kappa shape index (κ1) is 17.4. The Balaban J connectivity index is 1.65. The number of nitrogens with zero attached hydrogens (tertiary/aromatic N) is 4. The van der Waals surface area contributed by atoms with E-state index in [4.69, 9.17) is 28.3 Å². The number of amides is 1. The average molecular weight is 381 g/mol. The molecule has 3 rings (SSSR count). The van der Waals surface area contributed by atoms with Crippen molar-refractivity contribution in [1.82, 2.24) is 14.9 Å². The number of rotatable bonds is 3. The first-order chi connectivity index (χ1) is 12.0. The Hall–Kier alpha value is -2.38. The maximum atomic E-state index is 12.5. The number of hydrogen-bond acceptors (Lipinski definition) is 5. The van der Waals surface area contributed by atoms with E-state index in [9.17, 15) is 9.59 Å². The summed E-state index contributed by atoms with van der Waals surface area (Å²) in [6.45, 7) is 2.17. The Bertz CT molecular complexity index is 806. The van der Waals surface area contributed by atoms with Gasteiger partial charge < -0.3 is 14.9 Å². The van der Waals surface area contributed by atoms with Crippen molar-refractivity contribution in [2.75, 3.05) is 31.1 Å². The Kier molecular flexibility index (Phi) is 5.06. The monoisotopic (exact) mass is 380 g/mol. The average Bonchev–Trinajstić information content (AvgIpc) is 2.61. The number of carbonyl (C=O) groups is 2. The number of piperazine rings is 1. The van der Waals surface area contributed by atoms with Gasteiger partial charge in [0.1, 0.15) is 11.5 Å². The summed E-state index contributed by atoms with van der Waals surface area (Å²) < 4.78 is 0. The largest absolute Gasteiger partial charge is 0.477 e. The lowest BCUT2D eigenvalue weighted by molar-refractivity contribution is 0.0686. The first-order valence-electron chi connectivity index (χ1n) is 7.50. The van der Waals surface area contributed by atoms with Crippen LogP contribution in [0.4, 0.5) is 5.82 Å². The summed E-state index contributed by atoms with van der Waals surface area (Å²) in [6, 6.07) is 4.44. The van der Waals surface area contributed by atoms with Gasteiger partial charge in [0, 0.05) is 38.6 Å². The fourth-order valence-electron chi connectivity index (χ4n) is 2.59. The summed E-state index contributed by atoms with van der Waals surface area (Å²) in [5.41, 5.74) is 0.269. The van der Waals surface area contributed by atoms with Crippen molar-refractivity contribution in [2.24, 2.45) is 0 Å². The molecule has 1 fully saturated rings. The van der Waals surface area contributed by atoms with Crippen LogP contribution in [0.25, 0.3) is 0 Å². The van der Waals surface area contributed by atoms with E-state index >= 15 is 0 Å². The summed E-state index contributed by atoms with van der Waals surface area (Å²) in [6.07, 6.45) is 2.83. The molecule has 9 heteroatoms. The van der Waals surface area contributed by atoms with Crippen molar-refractivity contribution in [1.29, 1.82) is 0 Å². The van der Waals surface area contributed by atoms with Crippen LogP contribution in [-0.4, -0.2) is 58.0 Å². The van der Waals surface area contributed by atoms with Crippen molar-refractivity contribution in [3.05, 3.63) is 51.9 Å². The predicted octanol–water partition coefficient (Wildman–Crippen LogP) is 2.44. The van der Waals surface area contributed by atoms with Crippen LogP contribution in [0.5, 0.6) is 0 Å². The van der Waals surface area contributed by atoms with Gasteiger partial charge in [0.25, 0.3) is 5.91 Å². The number of halogens is 2. The number of carbonyl (C=O) groups excluding carboxylic acids is 1. The lowest BCUT2D eigenvalue weighted by Crippen LogP contribution is -2.49. The van der Waals surface area contributed by atoms with Gasteiger partial charge >= 0.3 is 5.97 Å². The van der Waals surface area contributed by atoms with Gasteiger partial charge in [0.05, 0.1) is 15.6 Å². The quantitative estimate of drug-likeness (QED) is 0.879. The van der Waals surface area contributed by atoms with Gasteiger partial charge in [0.15, 0.2) is 0 Å². The number of pyridine rings is 2. The number of aromatic nitrogens is 2. The van der Waals surface area contributed by atoms with Crippen LogP contribution in [0.2, 0.25) is 10.0 Å². The zero-order valence-electron chi connectivity index (χ0n) is 13.0. The predicted molar refractivity (Wildman–Crippen MR) is 93.6 cm³/mol. The van der Waals surface area contributed by atoms with Crippen molar-refractivity contribution >= 4 is 40.9 Å². The highest BCUT2D eigenvalue weighted by Crippen LogP contribution is 2.26. The second-order valence-corrected chi connectivity index (χ2v) is 6.32. The molecule has 2 aromatic heterocycles. The maximum Gasteiger partial charge on any atom is 0.354 e. The summed E-state index contributed by atoms with van der Waals surface area (Å²) in [7, 11) is 0. The van der Waals surface area contributed by atoms with E-state index in [-0.39, 0.29) is 11.6 Å². The van der Waals surface area contributed by atoms with Gasteiger partial charge in [-0.3, -0.25) is 4.79 Å². The molecular weight excluding hydrogens is 367 g/mol.